The van der Waals surface area contributed by atoms with E-state index in [2.05, 4.69) is 20.8 Å². The summed E-state index contributed by atoms with van der Waals surface area (Å²) in [5, 5.41) is 8.95. The lowest BCUT2D eigenvalue weighted by Crippen LogP contribution is -2.46. The maximum absolute atomic E-state index is 12.9. The van der Waals surface area contributed by atoms with Gasteiger partial charge in [0.05, 0.1) is 22.3 Å². The van der Waals surface area contributed by atoms with E-state index in [0.717, 1.165) is 5.56 Å². The molecule has 0 saturated carbocycles. The minimum atomic E-state index is -1.20. The number of amides is 3. The predicted molar refractivity (Wildman–Crippen MR) is 109 cm³/mol. The molecule has 3 aromatic rings. The van der Waals surface area contributed by atoms with Gasteiger partial charge in [-0.15, -0.1) is 0 Å². The fraction of sp³-hybridized carbons (Fsp3) is 0.286. The average Bonchev–Trinajstić information content (AvgIpc) is 3.08. The van der Waals surface area contributed by atoms with Gasteiger partial charge in [0.15, 0.2) is 6.10 Å². The number of pyridine rings is 1. The van der Waals surface area contributed by atoms with E-state index in [4.69, 9.17) is 9.26 Å². The normalized spacial score (nSPS) is 11.9. The Balaban J connectivity index is 1.86. The minimum Gasteiger partial charge on any atom is -0.449 e. The Hall–Kier alpha value is -3.75. The van der Waals surface area contributed by atoms with Crippen molar-refractivity contribution in [3.63, 3.8) is 0 Å². The molecule has 156 valence electrons. The van der Waals surface area contributed by atoms with Gasteiger partial charge < -0.3 is 14.6 Å². The first-order valence-electron chi connectivity index (χ1n) is 9.41. The molecule has 2 heterocycles. The van der Waals surface area contributed by atoms with Crippen LogP contribution in [0.25, 0.3) is 22.4 Å². The smallest absolute Gasteiger partial charge is 0.339 e. The number of aryl methyl sites for hydroxylation is 1. The maximum atomic E-state index is 12.9. The zero-order valence-corrected chi connectivity index (χ0v) is 17.1. The molecule has 1 unspecified atom stereocenters. The third-order valence-electron chi connectivity index (χ3n) is 4.22. The van der Waals surface area contributed by atoms with Gasteiger partial charge >= 0.3 is 12.0 Å². The molecule has 30 heavy (non-hydrogen) atoms. The molecule has 3 amide bonds. The highest BCUT2D eigenvalue weighted by atomic mass is 16.5. The number of imide groups is 1. The van der Waals surface area contributed by atoms with Crippen LogP contribution < -0.4 is 10.6 Å². The molecular weight excluding hydrogens is 388 g/mol. The van der Waals surface area contributed by atoms with Crippen molar-refractivity contribution in [1.29, 1.82) is 0 Å². The van der Waals surface area contributed by atoms with Crippen molar-refractivity contribution in [3.05, 3.63) is 47.7 Å². The van der Waals surface area contributed by atoms with E-state index < -0.39 is 24.0 Å². The van der Waals surface area contributed by atoms with Gasteiger partial charge in [-0.3, -0.25) is 10.1 Å². The standard InChI is InChI=1S/C21H22N4O5/c1-11(2)22-21(28)24-18(26)13(4)29-20(27)15-10-16(14-8-6-5-7-9-14)23-19-17(15)12(3)25-30-19/h5-11,13H,1-4H3,(H2,22,24,26,28). The van der Waals surface area contributed by atoms with Crippen molar-refractivity contribution in [3.8, 4) is 11.3 Å². The summed E-state index contributed by atoms with van der Waals surface area (Å²) in [7, 11) is 0. The number of urea groups is 1. The van der Waals surface area contributed by atoms with Crippen molar-refractivity contribution >= 4 is 29.0 Å². The second kappa shape index (κ2) is 8.73. The number of fused-ring (bicyclic) bond motifs is 1. The lowest BCUT2D eigenvalue weighted by atomic mass is 10.1. The largest absolute Gasteiger partial charge is 0.449 e. The molecule has 1 atom stereocenters. The van der Waals surface area contributed by atoms with Gasteiger partial charge in [-0.05, 0) is 33.8 Å². The first-order chi connectivity index (χ1) is 14.3. The van der Waals surface area contributed by atoms with Crippen molar-refractivity contribution in [2.24, 2.45) is 0 Å². The Morgan fingerprint density at radius 2 is 1.80 bits per heavy atom. The number of esters is 1. The molecule has 9 heteroatoms. The molecule has 1 aromatic carbocycles. The monoisotopic (exact) mass is 410 g/mol. The molecule has 2 aromatic heterocycles. The first-order valence-corrected chi connectivity index (χ1v) is 9.41. The fourth-order valence-electron chi connectivity index (χ4n) is 2.80. The summed E-state index contributed by atoms with van der Waals surface area (Å²) in [4.78, 5) is 41.2. The van der Waals surface area contributed by atoms with E-state index in [0.29, 0.717) is 16.8 Å². The van der Waals surface area contributed by atoms with Crippen molar-refractivity contribution in [2.75, 3.05) is 0 Å². The van der Waals surface area contributed by atoms with Crippen LogP contribution in [0.1, 0.15) is 36.8 Å². The highest BCUT2D eigenvalue weighted by Gasteiger charge is 2.25. The van der Waals surface area contributed by atoms with Gasteiger partial charge in [0.25, 0.3) is 11.6 Å². The van der Waals surface area contributed by atoms with E-state index in [1.165, 1.54) is 6.92 Å². The zero-order chi connectivity index (χ0) is 21.8. The number of carbonyl (C=O) groups excluding carboxylic acids is 3. The molecule has 0 radical (unpaired) electrons. The molecule has 0 aliphatic heterocycles. The summed E-state index contributed by atoms with van der Waals surface area (Å²) in [5.74, 6) is -1.49. The molecule has 0 saturated heterocycles. The molecule has 2 N–H and O–H groups in total. The summed E-state index contributed by atoms with van der Waals surface area (Å²) in [6.07, 6.45) is -1.20. The summed E-state index contributed by atoms with van der Waals surface area (Å²) in [5.41, 5.74) is 2.11. The van der Waals surface area contributed by atoms with Crippen LogP contribution >= 0.6 is 0 Å². The van der Waals surface area contributed by atoms with Gasteiger partial charge in [0.2, 0.25) is 0 Å². The van der Waals surface area contributed by atoms with Crippen LogP contribution in [0.4, 0.5) is 4.79 Å². The van der Waals surface area contributed by atoms with Gasteiger partial charge in [-0.25, -0.2) is 14.6 Å². The van der Waals surface area contributed by atoms with Crippen molar-refractivity contribution in [2.45, 2.75) is 39.8 Å². The summed E-state index contributed by atoms with van der Waals surface area (Å²) in [6, 6.07) is 10.0. The number of ether oxygens (including phenoxy) is 1. The average molecular weight is 410 g/mol. The Morgan fingerprint density at radius 1 is 1.10 bits per heavy atom. The van der Waals surface area contributed by atoms with Crippen molar-refractivity contribution < 1.29 is 23.6 Å². The van der Waals surface area contributed by atoms with Crippen LogP contribution in [0.2, 0.25) is 0 Å². The van der Waals surface area contributed by atoms with Crippen LogP contribution in [0.5, 0.6) is 0 Å². The summed E-state index contributed by atoms with van der Waals surface area (Å²) < 4.78 is 10.5. The minimum absolute atomic E-state index is 0.145. The third kappa shape index (κ3) is 4.62. The van der Waals surface area contributed by atoms with Gasteiger partial charge in [0, 0.05) is 11.6 Å². The quantitative estimate of drug-likeness (QED) is 0.620. The molecule has 0 spiro atoms. The Morgan fingerprint density at radius 3 is 2.47 bits per heavy atom. The molecule has 0 fully saturated rings. The van der Waals surface area contributed by atoms with Gasteiger partial charge in [0.1, 0.15) is 0 Å². The Kier molecular flexibility index (Phi) is 6.10. The number of rotatable bonds is 5. The highest BCUT2D eigenvalue weighted by Crippen LogP contribution is 2.27. The van der Waals surface area contributed by atoms with Crippen LogP contribution in [0.15, 0.2) is 40.9 Å². The number of hydrogen-bond acceptors (Lipinski definition) is 7. The van der Waals surface area contributed by atoms with Crippen LogP contribution in [0, 0.1) is 6.92 Å². The van der Waals surface area contributed by atoms with Gasteiger partial charge in [-0.1, -0.05) is 35.5 Å². The first kappa shape index (κ1) is 21.0. The second-order valence-electron chi connectivity index (χ2n) is 7.03. The third-order valence-corrected chi connectivity index (χ3v) is 4.22. The Labute approximate surface area is 172 Å². The molecular formula is C21H22N4O5. The number of carbonyl (C=O) groups is 3. The number of nitrogens with one attached hydrogen (secondary N) is 2. The van der Waals surface area contributed by atoms with Crippen LogP contribution in [-0.4, -0.2) is 40.2 Å². The predicted octanol–water partition coefficient (Wildman–Crippen LogP) is 2.98. The number of aromatic nitrogens is 2. The Bertz CT molecular complexity index is 1090. The highest BCUT2D eigenvalue weighted by molar-refractivity contribution is 6.05. The molecule has 0 aliphatic rings. The van der Waals surface area contributed by atoms with Gasteiger partial charge in [-0.2, -0.15) is 0 Å². The SMILES string of the molecule is Cc1noc2nc(-c3ccccc3)cc(C(=O)OC(C)C(=O)NC(=O)NC(C)C)c12. The number of benzene rings is 1. The van der Waals surface area contributed by atoms with Crippen LogP contribution in [-0.2, 0) is 9.53 Å². The summed E-state index contributed by atoms with van der Waals surface area (Å²) >= 11 is 0. The lowest BCUT2D eigenvalue weighted by molar-refractivity contribution is -0.127. The van der Waals surface area contributed by atoms with E-state index in [9.17, 15) is 14.4 Å². The molecule has 0 bridgehead atoms. The number of nitrogens with zero attached hydrogens (tertiary/aromatic N) is 2. The molecule has 3 rings (SSSR count). The molecule has 9 nitrogen and oxygen atoms in total. The second-order valence-corrected chi connectivity index (χ2v) is 7.03. The van der Waals surface area contributed by atoms with E-state index in [1.807, 2.05) is 30.3 Å². The topological polar surface area (TPSA) is 123 Å². The van der Waals surface area contributed by atoms with E-state index in [-0.39, 0.29) is 17.3 Å². The van der Waals surface area contributed by atoms with Crippen molar-refractivity contribution in [1.82, 2.24) is 20.8 Å². The molecule has 0 aliphatic carbocycles. The fourth-order valence-corrected chi connectivity index (χ4v) is 2.80. The summed E-state index contributed by atoms with van der Waals surface area (Å²) in [6.45, 7) is 6.58. The van der Waals surface area contributed by atoms with E-state index in [1.54, 1.807) is 26.8 Å². The maximum Gasteiger partial charge on any atom is 0.339 e. The van der Waals surface area contributed by atoms with E-state index >= 15 is 0 Å². The zero-order valence-electron chi connectivity index (χ0n) is 17.1. The lowest BCUT2D eigenvalue weighted by Gasteiger charge is -2.15. The number of hydrogen-bond donors (Lipinski definition) is 2. The van der Waals surface area contributed by atoms with Crippen LogP contribution in [0.3, 0.4) is 0 Å².